The number of nitrogens with one attached hydrogen (secondary N) is 1. The number of carbonyl (C=O) groups excluding carboxylic acids is 7. The van der Waals surface area contributed by atoms with Gasteiger partial charge in [0, 0.05) is 234 Å². The topological polar surface area (TPSA) is 234 Å². The highest BCUT2D eigenvalue weighted by atomic mass is 16.6. The first-order valence-corrected chi connectivity index (χ1v) is 58.2. The van der Waals surface area contributed by atoms with E-state index in [1.807, 2.05) is 25.7 Å². The largest absolute Gasteiger partial charge is 0.444 e. The summed E-state index contributed by atoms with van der Waals surface area (Å²) in [5.41, 5.74) is -1.69. The van der Waals surface area contributed by atoms with Crippen molar-refractivity contribution < 1.29 is 62.4 Å². The highest BCUT2D eigenvalue weighted by Gasteiger charge is 2.50. The summed E-state index contributed by atoms with van der Waals surface area (Å²) in [4.78, 5) is 117. The van der Waals surface area contributed by atoms with E-state index >= 15 is 0 Å². The summed E-state index contributed by atoms with van der Waals surface area (Å²) in [6.45, 7) is 87.4. The van der Waals surface area contributed by atoms with Gasteiger partial charge in [-0.2, -0.15) is 0 Å². The molecular formula is C118H226N12O13. The molecule has 25 heteroatoms. The second-order valence-corrected chi connectivity index (χ2v) is 51.4. The highest BCUT2D eigenvalue weighted by Crippen LogP contribution is 2.44. The minimum Gasteiger partial charge on any atom is -0.444 e. The van der Waals surface area contributed by atoms with Crippen LogP contribution in [0.3, 0.4) is 0 Å². The molecule has 836 valence electrons. The number of aliphatic hydroxyl groups is 1. The lowest BCUT2D eigenvalue weighted by Crippen LogP contribution is -2.59. The highest BCUT2D eigenvalue weighted by molar-refractivity contribution is 5.88. The van der Waals surface area contributed by atoms with Gasteiger partial charge in [0.05, 0.1) is 30.8 Å². The van der Waals surface area contributed by atoms with E-state index in [1.165, 1.54) is 0 Å². The number of nitrogens with zero attached hydrogens (tertiary/aromatic N) is 11. The minimum atomic E-state index is -0.477. The summed E-state index contributed by atoms with van der Waals surface area (Å²) >= 11 is 0. The molecule has 0 aromatic heterocycles. The van der Waals surface area contributed by atoms with Crippen LogP contribution in [-0.4, -0.2) is 384 Å². The molecule has 10 aliphatic rings. The molecule has 2 N–H and O–H groups in total. The SMILES string of the molecule is CC(C)CCC(=O)C1(CN2CCN(C(=O)OC(C)(C)C)CC2C)CCN(C(C)C)CC1.CC(C)CCC(=O)C1(CNC2CCOCC2)CCN(C(C)C)CC1.CC(C)CCC(=O)C1(CO)CCN(C(C)C)CC1.COC1CCN(CC2(C(=O)CCC(C)C)CCN(C(C)C)CC2)C1.COC1CN(CC2(C(=O)CCC(C)C)CCN(C(C)C)CC2)C1.COCCN(C)CC1(C(=O)CCC(C)C)CCN(C(C)C)CC1. The number of likely N-dealkylation sites (N-methyl/N-ethyl adjacent to an activating group) is 1. The van der Waals surface area contributed by atoms with Crippen LogP contribution in [0.15, 0.2) is 0 Å². The van der Waals surface area contributed by atoms with Crippen molar-refractivity contribution >= 4 is 40.8 Å². The molecule has 143 heavy (non-hydrogen) atoms. The Morgan fingerprint density at radius 1 is 0.378 bits per heavy atom. The number of hydrogen-bond donors (Lipinski definition) is 2. The van der Waals surface area contributed by atoms with Gasteiger partial charge in [-0.25, -0.2) is 4.79 Å². The molecule has 0 bridgehead atoms. The molecule has 10 saturated heterocycles. The normalized spacial score (nSPS) is 22.7. The first-order valence-electron chi connectivity index (χ1n) is 58.2. The second-order valence-electron chi connectivity index (χ2n) is 51.4. The lowest BCUT2D eigenvalue weighted by molar-refractivity contribution is -0.137. The predicted molar refractivity (Wildman–Crippen MR) is 591 cm³/mol. The number of hydrogen-bond acceptors (Lipinski definition) is 24. The summed E-state index contributed by atoms with van der Waals surface area (Å²) in [7, 11) is 7.44. The molecule has 0 radical (unpaired) electrons. The summed E-state index contributed by atoms with van der Waals surface area (Å²) in [6, 6.07) is 4.13. The van der Waals surface area contributed by atoms with Crippen molar-refractivity contribution in [1.29, 1.82) is 0 Å². The number of Topliss-reactive ketones (excluding diaryl/α,β-unsaturated/α-hetero) is 6. The molecule has 0 aromatic carbocycles. The Morgan fingerprint density at radius 3 is 0.986 bits per heavy atom. The number of aliphatic hydroxyl groups excluding tert-OH is 1. The van der Waals surface area contributed by atoms with Crippen LogP contribution in [0.2, 0.25) is 0 Å². The standard InChI is InChI=1S/C25H47N3O3.2C20H38N2O2.C19H36N2O2.C19H38N2O2.C15H29NO2/c1-19(2)9-10-22(29)25(11-13-26(14-12-25)20(3)4)18-28-16-15-27(17-21(28)5)23(30)31-24(6,7)8;1-16(2)6-7-19(23)20(9-12-22(13-10-20)17(3)4)15-21-11-8-18(14-21)24-5;1-16(2)5-6-19(23)20(9-11-22(12-10-20)17(3)4)15-21-18-7-13-24-14-8-18;1-15(2)6-7-18(22)19(14-20-12-17(13-20)23-5)8-10-21(11-9-19)16(3)4;1-16(2)7-8-18(22)19(15-20(5)13-14-23-6)9-11-21(12-10-19)17(3)4;1-12(2)5-6-14(18)15(11-17)7-9-16(10-8-15)13(3)4/h19-21H,9-18H2,1-8H3;16-18H,6-15H2,1-5H3;16-18,21H,5-15H2,1-4H3;15-17H,6-14H2,1-5H3;16-17H,7-15H2,1-6H3;12-13,17H,5-11H2,1-4H3. The van der Waals surface area contributed by atoms with E-state index in [4.69, 9.17) is 23.7 Å². The number of ether oxygens (including phenoxy) is 5. The van der Waals surface area contributed by atoms with Crippen LogP contribution in [0, 0.1) is 68.0 Å². The number of ketones is 6. The van der Waals surface area contributed by atoms with E-state index < -0.39 is 11.0 Å². The molecule has 0 saturated carbocycles. The second kappa shape index (κ2) is 64.0. The molecular weight excluding hydrogens is 1790 g/mol. The van der Waals surface area contributed by atoms with Gasteiger partial charge in [-0.05, 0) is 367 Å². The zero-order valence-corrected chi connectivity index (χ0v) is 98.6. The Labute approximate surface area is 877 Å². The number of amides is 1. The van der Waals surface area contributed by atoms with Gasteiger partial charge in [-0.15, -0.1) is 0 Å². The number of piperazine rings is 1. The smallest absolute Gasteiger partial charge is 0.410 e. The van der Waals surface area contributed by atoms with Crippen LogP contribution in [-0.2, 0) is 52.5 Å². The molecule has 0 spiro atoms. The first-order chi connectivity index (χ1) is 67.2. The van der Waals surface area contributed by atoms with E-state index in [9.17, 15) is 38.7 Å². The van der Waals surface area contributed by atoms with Crippen molar-refractivity contribution in [3.63, 3.8) is 0 Å². The maximum absolute atomic E-state index is 13.5. The molecule has 2 atom stereocenters. The first kappa shape index (κ1) is 130. The molecule has 10 heterocycles. The quantitative estimate of drug-likeness (QED) is 0.0576. The molecule has 10 fully saturated rings. The van der Waals surface area contributed by atoms with E-state index in [1.54, 1.807) is 21.3 Å². The number of carbonyl (C=O) groups is 7. The maximum atomic E-state index is 13.5. The number of rotatable bonds is 47. The third kappa shape index (κ3) is 44.0. The van der Waals surface area contributed by atoms with Crippen molar-refractivity contribution in [3.05, 3.63) is 0 Å². The van der Waals surface area contributed by atoms with E-state index in [2.05, 4.69) is 234 Å². The van der Waals surface area contributed by atoms with Gasteiger partial charge in [-0.1, -0.05) is 83.1 Å². The van der Waals surface area contributed by atoms with E-state index in [-0.39, 0.29) is 51.6 Å². The third-order valence-electron chi connectivity index (χ3n) is 34.5. The van der Waals surface area contributed by atoms with E-state index in [0.29, 0.717) is 145 Å². The van der Waals surface area contributed by atoms with Gasteiger partial charge in [0.15, 0.2) is 0 Å². The fraction of sp³-hybridized carbons (Fsp3) is 0.941. The van der Waals surface area contributed by atoms with Crippen molar-refractivity contribution in [2.24, 2.45) is 68.0 Å². The van der Waals surface area contributed by atoms with Crippen molar-refractivity contribution in [2.75, 3.05) is 218 Å². The van der Waals surface area contributed by atoms with Crippen molar-refractivity contribution in [2.45, 2.75) is 433 Å². The van der Waals surface area contributed by atoms with Crippen LogP contribution in [0.1, 0.15) is 367 Å². The molecule has 0 aliphatic carbocycles. The number of piperidine rings is 6. The summed E-state index contributed by atoms with van der Waals surface area (Å²) in [5.74, 6) is 6.25. The third-order valence-corrected chi connectivity index (χ3v) is 34.5. The predicted octanol–water partition coefficient (Wildman–Crippen LogP) is 19.2. The molecule has 2 unspecified atom stereocenters. The molecule has 10 aliphatic heterocycles. The van der Waals surface area contributed by atoms with Gasteiger partial charge in [0.2, 0.25) is 0 Å². The minimum absolute atomic E-state index is 0.0237. The molecule has 25 nitrogen and oxygen atoms in total. The van der Waals surface area contributed by atoms with Crippen LogP contribution < -0.4 is 5.32 Å². The molecule has 10 rings (SSSR count). The summed E-state index contributed by atoms with van der Waals surface area (Å²) in [5, 5.41) is 13.4. The number of likely N-dealkylation sites (tertiary alicyclic amines) is 8. The van der Waals surface area contributed by atoms with E-state index in [0.717, 1.165) is 331 Å². The average Bonchev–Trinajstić information content (AvgIpc) is 1.49. The Kier molecular flexibility index (Phi) is 58.2. The molecule has 1 amide bonds. The fourth-order valence-electron chi connectivity index (χ4n) is 23.1. The van der Waals surface area contributed by atoms with Crippen molar-refractivity contribution in [3.8, 4) is 0 Å². The maximum Gasteiger partial charge on any atom is 0.410 e. The van der Waals surface area contributed by atoms with Crippen LogP contribution in [0.4, 0.5) is 4.79 Å². The lowest BCUT2D eigenvalue weighted by atomic mass is 9.72. The lowest BCUT2D eigenvalue weighted by Gasteiger charge is -2.48. The Morgan fingerprint density at radius 2 is 0.678 bits per heavy atom. The van der Waals surface area contributed by atoms with Gasteiger partial charge in [0.1, 0.15) is 40.3 Å². The summed E-state index contributed by atoms with van der Waals surface area (Å²) in [6.07, 6.45) is 25.7. The monoisotopic (exact) mass is 2020 g/mol. The Bertz CT molecular complexity index is 3480. The summed E-state index contributed by atoms with van der Waals surface area (Å²) < 4.78 is 27.1. The zero-order valence-electron chi connectivity index (χ0n) is 98.6. The number of methoxy groups -OCH3 is 3. The average molecular weight is 2020 g/mol. The zero-order chi connectivity index (χ0) is 107. The van der Waals surface area contributed by atoms with Gasteiger partial charge in [0.25, 0.3) is 0 Å². The van der Waals surface area contributed by atoms with Crippen molar-refractivity contribution in [1.82, 2.24) is 59.2 Å². The van der Waals surface area contributed by atoms with Gasteiger partial charge < -0.3 is 73.3 Å². The van der Waals surface area contributed by atoms with Crippen LogP contribution in [0.5, 0.6) is 0 Å². The van der Waals surface area contributed by atoms with Crippen LogP contribution in [0.25, 0.3) is 0 Å². The Balaban J connectivity index is 0.000000304. The fourth-order valence-corrected chi connectivity index (χ4v) is 23.1. The van der Waals surface area contributed by atoms with Gasteiger partial charge in [-0.3, -0.25) is 43.5 Å². The van der Waals surface area contributed by atoms with Crippen LogP contribution >= 0.6 is 0 Å². The Hall–Kier alpha value is -3.35. The van der Waals surface area contributed by atoms with Gasteiger partial charge >= 0.3 is 6.09 Å². The molecule has 0 aromatic rings.